The van der Waals surface area contributed by atoms with E-state index in [-0.39, 0.29) is 0 Å². The molecular weight excluding hydrogens is 282 g/mol. The lowest BCUT2D eigenvalue weighted by atomic mass is 9.82. The molecule has 2 nitrogen and oxygen atoms in total. The average Bonchev–Trinajstić information content (AvgIpc) is 2.61. The summed E-state index contributed by atoms with van der Waals surface area (Å²) >= 11 is 0. The average molecular weight is 309 g/mol. The number of benzene rings is 2. The van der Waals surface area contributed by atoms with Crippen LogP contribution in [-0.4, -0.2) is 13.7 Å². The van der Waals surface area contributed by atoms with Crippen LogP contribution in [0.4, 0.5) is 0 Å². The number of nitrogens with one attached hydrogen (secondary N) is 1. The zero-order valence-electron chi connectivity index (χ0n) is 14.2. The maximum atomic E-state index is 5.56. The summed E-state index contributed by atoms with van der Waals surface area (Å²) in [5.41, 5.74) is 4.01. The molecule has 0 aliphatic carbocycles. The van der Waals surface area contributed by atoms with E-state index >= 15 is 0 Å². The van der Waals surface area contributed by atoms with Gasteiger partial charge in [0, 0.05) is 6.04 Å². The van der Waals surface area contributed by atoms with E-state index in [1.807, 2.05) is 0 Å². The Morgan fingerprint density at radius 3 is 2.74 bits per heavy atom. The van der Waals surface area contributed by atoms with Gasteiger partial charge in [-0.1, -0.05) is 42.5 Å². The van der Waals surface area contributed by atoms with E-state index in [4.69, 9.17) is 4.74 Å². The van der Waals surface area contributed by atoms with Crippen molar-refractivity contribution >= 4 is 0 Å². The molecule has 0 unspecified atom stereocenters. The van der Waals surface area contributed by atoms with E-state index in [9.17, 15) is 0 Å². The zero-order chi connectivity index (χ0) is 16.1. The first-order valence-corrected chi connectivity index (χ1v) is 8.70. The highest BCUT2D eigenvalue weighted by molar-refractivity contribution is 5.37. The third-order valence-corrected chi connectivity index (χ3v) is 4.97. The molecule has 1 fully saturated rings. The Kier molecular flexibility index (Phi) is 5.35. The van der Waals surface area contributed by atoms with E-state index < -0.39 is 0 Å². The summed E-state index contributed by atoms with van der Waals surface area (Å²) in [4.78, 5) is 0. The molecule has 2 atom stereocenters. The Bertz CT molecular complexity index is 623. The van der Waals surface area contributed by atoms with Gasteiger partial charge in [0.15, 0.2) is 0 Å². The smallest absolute Gasteiger partial charge is 0.122 e. The fourth-order valence-electron chi connectivity index (χ4n) is 3.72. The molecule has 0 spiro atoms. The molecule has 2 heteroatoms. The van der Waals surface area contributed by atoms with Gasteiger partial charge in [-0.25, -0.2) is 0 Å². The maximum absolute atomic E-state index is 5.56. The van der Waals surface area contributed by atoms with E-state index in [1.165, 1.54) is 36.0 Å². The number of piperidine rings is 1. The number of methoxy groups -OCH3 is 1. The van der Waals surface area contributed by atoms with Crippen molar-refractivity contribution in [2.75, 3.05) is 13.7 Å². The normalized spacial score (nSPS) is 21.1. The lowest BCUT2D eigenvalue weighted by Crippen LogP contribution is -2.34. The summed E-state index contributed by atoms with van der Waals surface area (Å²) in [6.45, 7) is 3.24. The molecule has 3 rings (SSSR count). The van der Waals surface area contributed by atoms with E-state index in [0.717, 1.165) is 18.7 Å². The fourth-order valence-corrected chi connectivity index (χ4v) is 3.72. The quantitative estimate of drug-likeness (QED) is 0.866. The molecule has 0 radical (unpaired) electrons. The van der Waals surface area contributed by atoms with Gasteiger partial charge in [0.2, 0.25) is 0 Å². The highest BCUT2D eigenvalue weighted by Crippen LogP contribution is 2.33. The number of hydrogen-bond donors (Lipinski definition) is 1. The molecule has 2 aromatic rings. The van der Waals surface area contributed by atoms with Gasteiger partial charge in [0.05, 0.1) is 7.11 Å². The third kappa shape index (κ3) is 3.94. The first-order chi connectivity index (χ1) is 11.3. The molecule has 1 saturated heterocycles. The van der Waals surface area contributed by atoms with Gasteiger partial charge in [-0.3, -0.25) is 0 Å². The molecular formula is C21H27NO. The molecule has 1 aliphatic heterocycles. The SMILES string of the molecule is COc1cc(C)ccc1CC[C@H]1CCCN[C@H]1c1ccccc1. The monoisotopic (exact) mass is 309 g/mol. The standard InChI is InChI=1S/C21H27NO/c1-16-10-11-17(20(15-16)23-2)12-13-19-9-6-14-22-21(19)18-7-4-3-5-8-18/h3-5,7-8,10-11,15,19,21-22H,6,9,12-14H2,1-2H3/t19-,21+/m1/s1. The molecule has 1 heterocycles. The lowest BCUT2D eigenvalue weighted by molar-refractivity contribution is 0.268. The summed E-state index contributed by atoms with van der Waals surface area (Å²) in [5, 5.41) is 3.73. The molecule has 0 saturated carbocycles. The third-order valence-electron chi connectivity index (χ3n) is 4.97. The van der Waals surface area contributed by atoms with Crippen molar-refractivity contribution < 1.29 is 4.74 Å². The fraction of sp³-hybridized carbons (Fsp3) is 0.429. The highest BCUT2D eigenvalue weighted by Gasteiger charge is 2.25. The molecule has 0 bridgehead atoms. The second kappa shape index (κ2) is 7.65. The molecule has 2 aromatic carbocycles. The number of aryl methyl sites for hydroxylation is 2. The van der Waals surface area contributed by atoms with Gasteiger partial charge >= 0.3 is 0 Å². The van der Waals surface area contributed by atoms with Crippen LogP contribution in [0.3, 0.4) is 0 Å². The van der Waals surface area contributed by atoms with Crippen LogP contribution < -0.4 is 10.1 Å². The van der Waals surface area contributed by atoms with Crippen molar-refractivity contribution in [3.63, 3.8) is 0 Å². The van der Waals surface area contributed by atoms with Crippen LogP contribution in [-0.2, 0) is 6.42 Å². The predicted molar refractivity (Wildman–Crippen MR) is 96.0 cm³/mol. The van der Waals surface area contributed by atoms with Gasteiger partial charge in [-0.15, -0.1) is 0 Å². The van der Waals surface area contributed by atoms with E-state index in [2.05, 4.69) is 60.8 Å². The Morgan fingerprint density at radius 1 is 1.13 bits per heavy atom. The minimum Gasteiger partial charge on any atom is -0.496 e. The molecule has 0 amide bonds. The molecule has 0 aromatic heterocycles. The topological polar surface area (TPSA) is 21.3 Å². The first kappa shape index (κ1) is 16.1. The van der Waals surface area contributed by atoms with Gasteiger partial charge in [-0.2, -0.15) is 0 Å². The van der Waals surface area contributed by atoms with E-state index in [1.54, 1.807) is 7.11 Å². The molecule has 23 heavy (non-hydrogen) atoms. The van der Waals surface area contributed by atoms with Crippen molar-refractivity contribution in [2.45, 2.75) is 38.6 Å². The summed E-state index contributed by atoms with van der Waals surface area (Å²) in [7, 11) is 1.77. The van der Waals surface area contributed by atoms with Gasteiger partial charge in [-0.05, 0) is 67.8 Å². The predicted octanol–water partition coefficient (Wildman–Crippen LogP) is 4.68. The van der Waals surface area contributed by atoms with Crippen LogP contribution in [0.5, 0.6) is 5.75 Å². The van der Waals surface area contributed by atoms with Crippen LogP contribution in [0.2, 0.25) is 0 Å². The second-order valence-electron chi connectivity index (χ2n) is 6.60. The Labute approximate surface area is 139 Å². The largest absolute Gasteiger partial charge is 0.496 e. The van der Waals surface area contributed by atoms with Crippen molar-refractivity contribution in [1.82, 2.24) is 5.32 Å². The number of rotatable bonds is 5. The first-order valence-electron chi connectivity index (χ1n) is 8.70. The van der Waals surface area contributed by atoms with Crippen LogP contribution in [0.1, 0.15) is 42.0 Å². The molecule has 1 aliphatic rings. The van der Waals surface area contributed by atoms with Crippen molar-refractivity contribution in [3.8, 4) is 5.75 Å². The minimum absolute atomic E-state index is 0.487. The number of hydrogen-bond acceptors (Lipinski definition) is 2. The Hall–Kier alpha value is -1.80. The summed E-state index contributed by atoms with van der Waals surface area (Å²) in [5.74, 6) is 1.72. The van der Waals surface area contributed by atoms with Gasteiger partial charge in [0.25, 0.3) is 0 Å². The zero-order valence-corrected chi connectivity index (χ0v) is 14.2. The number of ether oxygens (including phenoxy) is 1. The van der Waals surface area contributed by atoms with Gasteiger partial charge < -0.3 is 10.1 Å². The van der Waals surface area contributed by atoms with Crippen LogP contribution in [0.25, 0.3) is 0 Å². The summed E-state index contributed by atoms with van der Waals surface area (Å²) in [6, 6.07) is 17.9. The highest BCUT2D eigenvalue weighted by atomic mass is 16.5. The van der Waals surface area contributed by atoms with Crippen LogP contribution >= 0.6 is 0 Å². The van der Waals surface area contributed by atoms with Crippen molar-refractivity contribution in [2.24, 2.45) is 5.92 Å². The lowest BCUT2D eigenvalue weighted by Gasteiger charge is -2.33. The Balaban J connectivity index is 1.71. The van der Waals surface area contributed by atoms with Crippen LogP contribution in [0.15, 0.2) is 48.5 Å². The summed E-state index contributed by atoms with van der Waals surface area (Å²) < 4.78 is 5.56. The summed E-state index contributed by atoms with van der Waals surface area (Å²) in [6.07, 6.45) is 4.87. The maximum Gasteiger partial charge on any atom is 0.122 e. The second-order valence-corrected chi connectivity index (χ2v) is 6.60. The van der Waals surface area contributed by atoms with Gasteiger partial charge in [0.1, 0.15) is 5.75 Å². The Morgan fingerprint density at radius 2 is 1.96 bits per heavy atom. The molecule has 1 N–H and O–H groups in total. The van der Waals surface area contributed by atoms with Crippen molar-refractivity contribution in [3.05, 3.63) is 65.2 Å². The van der Waals surface area contributed by atoms with Crippen molar-refractivity contribution in [1.29, 1.82) is 0 Å². The minimum atomic E-state index is 0.487. The van der Waals surface area contributed by atoms with E-state index in [0.29, 0.717) is 12.0 Å². The van der Waals surface area contributed by atoms with Crippen LogP contribution in [0, 0.1) is 12.8 Å². The molecule has 122 valence electrons.